The number of ether oxygens (including phenoxy) is 2. The quantitative estimate of drug-likeness (QED) is 0.500. The van der Waals surface area contributed by atoms with Gasteiger partial charge >= 0.3 is 0 Å². The Bertz CT molecular complexity index is 560. The van der Waals surface area contributed by atoms with E-state index in [1.165, 1.54) is 0 Å². The maximum absolute atomic E-state index is 11.2. The molecule has 2 fully saturated rings. The predicted molar refractivity (Wildman–Crippen MR) is 88.9 cm³/mol. The number of nitro groups is 1. The summed E-state index contributed by atoms with van der Waals surface area (Å²) in [5, 5.41) is 11.2. The van der Waals surface area contributed by atoms with Crippen LogP contribution >= 0.6 is 12.4 Å². The molecule has 3 rings (SSSR count). The number of hydrogen-bond donors (Lipinski definition) is 1. The van der Waals surface area contributed by atoms with E-state index < -0.39 is 5.72 Å². The van der Waals surface area contributed by atoms with Crippen molar-refractivity contribution < 1.29 is 14.4 Å². The van der Waals surface area contributed by atoms with Crippen molar-refractivity contribution in [1.29, 1.82) is 0 Å². The minimum atomic E-state index is -0.552. The Morgan fingerprint density at radius 2 is 2.00 bits per heavy atom. The van der Waals surface area contributed by atoms with Crippen molar-refractivity contribution in [3.63, 3.8) is 0 Å². The van der Waals surface area contributed by atoms with Gasteiger partial charge in [0.2, 0.25) is 0 Å². The van der Waals surface area contributed by atoms with Crippen molar-refractivity contribution in [2.45, 2.75) is 31.6 Å². The van der Waals surface area contributed by atoms with Gasteiger partial charge in [0.1, 0.15) is 5.72 Å². The summed E-state index contributed by atoms with van der Waals surface area (Å²) in [6.45, 7) is 3.06. The first-order valence-corrected chi connectivity index (χ1v) is 7.60. The Labute approximate surface area is 141 Å². The zero-order chi connectivity index (χ0) is 15.6. The van der Waals surface area contributed by atoms with Gasteiger partial charge in [0.05, 0.1) is 24.7 Å². The topological polar surface area (TPSA) is 90.9 Å². The molecule has 8 heteroatoms. The highest BCUT2D eigenvalue weighted by Gasteiger charge is 2.33. The van der Waals surface area contributed by atoms with Crippen molar-refractivity contribution in [2.75, 3.05) is 31.2 Å². The molecule has 0 aromatic heterocycles. The van der Waals surface area contributed by atoms with E-state index in [-0.39, 0.29) is 23.0 Å². The van der Waals surface area contributed by atoms with E-state index in [1.807, 2.05) is 6.07 Å². The van der Waals surface area contributed by atoms with E-state index in [4.69, 9.17) is 15.2 Å². The molecule has 1 aromatic rings. The zero-order valence-corrected chi connectivity index (χ0v) is 13.7. The first kappa shape index (κ1) is 17.9. The summed E-state index contributed by atoms with van der Waals surface area (Å²) in [4.78, 5) is 12.9. The fourth-order valence-corrected chi connectivity index (χ4v) is 2.75. The Morgan fingerprint density at radius 1 is 1.30 bits per heavy atom. The Hall–Kier alpha value is -1.41. The molecule has 1 aliphatic heterocycles. The van der Waals surface area contributed by atoms with Crippen LogP contribution in [-0.2, 0) is 16.1 Å². The third kappa shape index (κ3) is 4.32. The van der Waals surface area contributed by atoms with Crippen LogP contribution in [0.2, 0.25) is 0 Å². The summed E-state index contributed by atoms with van der Waals surface area (Å²) >= 11 is 0. The molecule has 0 radical (unpaired) electrons. The number of anilines is 1. The lowest BCUT2D eigenvalue weighted by Crippen LogP contribution is -2.48. The molecule has 128 valence electrons. The molecule has 23 heavy (non-hydrogen) atoms. The summed E-state index contributed by atoms with van der Waals surface area (Å²) in [5.74, 6) is 0. The lowest BCUT2D eigenvalue weighted by atomic mass is 9.89. The van der Waals surface area contributed by atoms with E-state index in [9.17, 15) is 10.1 Å². The second kappa shape index (κ2) is 7.44. The van der Waals surface area contributed by atoms with Crippen LogP contribution in [-0.4, -0.2) is 37.0 Å². The van der Waals surface area contributed by atoms with Crippen LogP contribution in [0, 0.1) is 10.1 Å². The second-order valence-corrected chi connectivity index (χ2v) is 5.92. The average Bonchev–Trinajstić information content (AvgIpc) is 2.51. The van der Waals surface area contributed by atoms with Crippen molar-refractivity contribution in [3.05, 3.63) is 33.9 Å². The summed E-state index contributed by atoms with van der Waals surface area (Å²) in [7, 11) is 0. The van der Waals surface area contributed by atoms with Crippen molar-refractivity contribution in [1.82, 2.24) is 0 Å². The van der Waals surface area contributed by atoms with Gasteiger partial charge in [-0.25, -0.2) is 0 Å². The summed E-state index contributed by atoms with van der Waals surface area (Å²) in [6.07, 6.45) is 2.76. The van der Waals surface area contributed by atoms with Crippen LogP contribution < -0.4 is 10.6 Å². The summed E-state index contributed by atoms with van der Waals surface area (Å²) < 4.78 is 11.1. The Morgan fingerprint density at radius 3 is 2.57 bits per heavy atom. The number of morpholine rings is 1. The molecule has 7 nitrogen and oxygen atoms in total. The van der Waals surface area contributed by atoms with Gasteiger partial charge in [-0.1, -0.05) is 0 Å². The van der Waals surface area contributed by atoms with E-state index in [0.717, 1.165) is 43.6 Å². The van der Waals surface area contributed by atoms with Crippen molar-refractivity contribution >= 4 is 23.8 Å². The standard InChI is InChI=1S/C15H21N3O4.ClH/c16-15(2-1-3-15)22-11-12-8-13(10-14(9-12)18(19)20)17-4-6-21-7-5-17;/h8-10H,1-7,11,16H2;1H. The fraction of sp³-hybridized carbons (Fsp3) is 0.600. The Kier molecular flexibility index (Phi) is 5.80. The molecule has 0 amide bonds. The molecule has 0 unspecified atom stereocenters. The third-order valence-electron chi connectivity index (χ3n) is 4.28. The fourth-order valence-electron chi connectivity index (χ4n) is 2.75. The van der Waals surface area contributed by atoms with E-state index in [2.05, 4.69) is 4.90 Å². The molecular weight excluding hydrogens is 322 g/mol. The van der Waals surface area contributed by atoms with Crippen molar-refractivity contribution in [2.24, 2.45) is 5.73 Å². The van der Waals surface area contributed by atoms with Gasteiger partial charge in [0, 0.05) is 30.9 Å². The van der Waals surface area contributed by atoms with E-state index in [0.29, 0.717) is 19.8 Å². The zero-order valence-electron chi connectivity index (χ0n) is 12.9. The Balaban J connectivity index is 0.00000192. The SMILES string of the molecule is Cl.NC1(OCc2cc(N3CCOCC3)cc([N+](=O)[O-])c2)CCC1. The molecule has 1 aromatic carbocycles. The molecule has 0 bridgehead atoms. The molecule has 0 atom stereocenters. The maximum Gasteiger partial charge on any atom is 0.271 e. The number of benzene rings is 1. The monoisotopic (exact) mass is 343 g/mol. The van der Waals surface area contributed by atoms with Gasteiger partial charge in [-0.3, -0.25) is 10.1 Å². The molecule has 1 heterocycles. The van der Waals surface area contributed by atoms with Gasteiger partial charge in [-0.2, -0.15) is 0 Å². The third-order valence-corrected chi connectivity index (χ3v) is 4.28. The number of rotatable bonds is 5. The van der Waals surface area contributed by atoms with E-state index in [1.54, 1.807) is 12.1 Å². The van der Waals surface area contributed by atoms with Crippen LogP contribution in [0.4, 0.5) is 11.4 Å². The van der Waals surface area contributed by atoms with Crippen LogP contribution in [0.15, 0.2) is 18.2 Å². The van der Waals surface area contributed by atoms with Gasteiger partial charge in [0.25, 0.3) is 5.69 Å². The van der Waals surface area contributed by atoms with E-state index >= 15 is 0 Å². The van der Waals surface area contributed by atoms with Gasteiger partial charge in [-0.15, -0.1) is 12.4 Å². The molecule has 1 aliphatic carbocycles. The largest absolute Gasteiger partial charge is 0.378 e. The van der Waals surface area contributed by atoms with Crippen LogP contribution in [0.1, 0.15) is 24.8 Å². The number of hydrogen-bond acceptors (Lipinski definition) is 6. The number of halogens is 1. The number of nitrogens with two attached hydrogens (primary N) is 1. The minimum Gasteiger partial charge on any atom is -0.378 e. The molecule has 1 saturated heterocycles. The lowest BCUT2D eigenvalue weighted by Gasteiger charge is -2.37. The number of non-ortho nitro benzene ring substituents is 1. The summed E-state index contributed by atoms with van der Waals surface area (Å²) in [5.41, 5.74) is 7.21. The highest BCUT2D eigenvalue weighted by Crippen LogP contribution is 2.32. The van der Waals surface area contributed by atoms with Gasteiger partial charge in [0.15, 0.2) is 0 Å². The normalized spacial score (nSPS) is 19.6. The first-order valence-electron chi connectivity index (χ1n) is 7.60. The smallest absolute Gasteiger partial charge is 0.271 e. The predicted octanol–water partition coefficient (Wildman–Crippen LogP) is 2.21. The van der Waals surface area contributed by atoms with Crippen LogP contribution in [0.25, 0.3) is 0 Å². The molecule has 1 saturated carbocycles. The first-order chi connectivity index (χ1) is 10.6. The highest BCUT2D eigenvalue weighted by molar-refractivity contribution is 5.85. The van der Waals surface area contributed by atoms with Crippen LogP contribution in [0.3, 0.4) is 0 Å². The second-order valence-electron chi connectivity index (χ2n) is 5.92. The lowest BCUT2D eigenvalue weighted by molar-refractivity contribution is -0.384. The summed E-state index contributed by atoms with van der Waals surface area (Å²) in [6, 6.07) is 5.11. The minimum absolute atomic E-state index is 0. The van der Waals surface area contributed by atoms with Crippen molar-refractivity contribution in [3.8, 4) is 0 Å². The highest BCUT2D eigenvalue weighted by atomic mass is 35.5. The maximum atomic E-state index is 11.2. The number of nitro benzene ring substituents is 1. The average molecular weight is 344 g/mol. The van der Waals surface area contributed by atoms with Crippen LogP contribution in [0.5, 0.6) is 0 Å². The number of nitrogens with zero attached hydrogens (tertiary/aromatic N) is 2. The molecule has 2 N–H and O–H groups in total. The molecule has 0 spiro atoms. The molecule has 2 aliphatic rings. The van der Waals surface area contributed by atoms with Gasteiger partial charge in [-0.05, 0) is 30.9 Å². The molecular formula is C15H22ClN3O4. The van der Waals surface area contributed by atoms with Gasteiger partial charge < -0.3 is 20.1 Å².